The average Bonchev–Trinajstić information content (AvgIpc) is 3.58. The van der Waals surface area contributed by atoms with E-state index in [2.05, 4.69) is 10.6 Å². The molecule has 4 amide bonds. The lowest BCUT2D eigenvalue weighted by molar-refractivity contribution is -0.0405. The second kappa shape index (κ2) is 18.8. The molecule has 0 aliphatic carbocycles. The van der Waals surface area contributed by atoms with E-state index in [1.807, 2.05) is 55.4 Å². The van der Waals surface area contributed by atoms with Crippen LogP contribution >= 0.6 is 0 Å². The summed E-state index contributed by atoms with van der Waals surface area (Å²) in [5.41, 5.74) is -0.179. The summed E-state index contributed by atoms with van der Waals surface area (Å²) in [5.74, 6) is -3.15. The molecule has 0 bridgehead atoms. The van der Waals surface area contributed by atoms with Gasteiger partial charge in [0, 0.05) is 34.2 Å². The fourth-order valence-electron chi connectivity index (χ4n) is 9.72. The Kier molecular flexibility index (Phi) is 14.3. The second-order valence-electron chi connectivity index (χ2n) is 19.7. The van der Waals surface area contributed by atoms with Crippen LogP contribution in [0, 0.1) is 0 Å². The molecule has 0 saturated carbocycles. The lowest BCUT2D eigenvalue weighted by atomic mass is 9.79. The largest absolute Gasteiger partial charge is 0.459 e. The summed E-state index contributed by atoms with van der Waals surface area (Å²) in [6.07, 6.45) is 0.128. The van der Waals surface area contributed by atoms with Gasteiger partial charge in [-0.3, -0.25) is 29.0 Å². The maximum atomic E-state index is 13.4. The smallest absolute Gasteiger partial charge is 0.338 e. The number of aliphatic hydroxyl groups is 2. The monoisotopic (exact) mass is 878 g/mol. The molecule has 2 aromatic carbocycles. The Morgan fingerprint density at radius 2 is 0.857 bits per heavy atom. The van der Waals surface area contributed by atoms with Crippen LogP contribution in [0.25, 0.3) is 0 Å². The summed E-state index contributed by atoms with van der Waals surface area (Å²) in [6, 6.07) is 7.92. The van der Waals surface area contributed by atoms with Crippen LogP contribution < -0.4 is 10.6 Å². The molecule has 2 aromatic rings. The molecule has 0 aromatic heterocycles. The van der Waals surface area contributed by atoms with E-state index in [1.54, 1.807) is 0 Å². The number of fused-ring (bicyclic) bond motifs is 2. The number of ether oxygens (including phenoxy) is 5. The molecule has 2 unspecified atom stereocenters. The van der Waals surface area contributed by atoms with E-state index in [9.17, 15) is 39.0 Å². The minimum absolute atomic E-state index is 0.0847. The number of imide groups is 2. The van der Waals surface area contributed by atoms with Gasteiger partial charge in [0.2, 0.25) is 0 Å². The van der Waals surface area contributed by atoms with Gasteiger partial charge in [-0.15, -0.1) is 0 Å². The van der Waals surface area contributed by atoms with Crippen LogP contribution in [-0.2, 0) is 23.7 Å². The predicted octanol–water partition coefficient (Wildman–Crippen LogP) is 3.28. The highest BCUT2D eigenvalue weighted by Crippen LogP contribution is 2.38. The second-order valence-corrected chi connectivity index (χ2v) is 19.7. The van der Waals surface area contributed by atoms with E-state index >= 15 is 0 Å². The molecule has 17 nitrogen and oxygen atoms in total. The number of hydrogen-bond donors (Lipinski definition) is 4. The molecule has 4 aliphatic rings. The van der Waals surface area contributed by atoms with Gasteiger partial charge in [0.25, 0.3) is 23.6 Å². The van der Waals surface area contributed by atoms with Gasteiger partial charge in [0.1, 0.15) is 25.4 Å². The van der Waals surface area contributed by atoms with Gasteiger partial charge in [-0.2, -0.15) is 0 Å². The van der Waals surface area contributed by atoms with Crippen molar-refractivity contribution in [3.63, 3.8) is 0 Å². The van der Waals surface area contributed by atoms with E-state index in [1.165, 1.54) is 46.2 Å². The first-order valence-electron chi connectivity index (χ1n) is 21.5. The normalized spacial score (nSPS) is 21.3. The van der Waals surface area contributed by atoms with Crippen molar-refractivity contribution in [2.45, 2.75) is 128 Å². The van der Waals surface area contributed by atoms with Crippen LogP contribution in [-0.4, -0.2) is 155 Å². The van der Waals surface area contributed by atoms with E-state index in [4.69, 9.17) is 23.7 Å². The maximum absolute atomic E-state index is 13.4. The van der Waals surface area contributed by atoms with E-state index < -0.39 is 36.0 Å². The number of esters is 2. The van der Waals surface area contributed by atoms with E-state index in [0.717, 1.165) is 0 Å². The number of carbonyl (C=O) groups is 6. The molecule has 2 fully saturated rings. The molecular formula is C46H62N4O13. The van der Waals surface area contributed by atoms with Crippen molar-refractivity contribution in [3.8, 4) is 0 Å². The molecule has 6 rings (SSSR count). The van der Waals surface area contributed by atoms with Crippen molar-refractivity contribution in [1.29, 1.82) is 0 Å². The molecule has 2 saturated heterocycles. The van der Waals surface area contributed by atoms with Gasteiger partial charge in [-0.1, -0.05) is 0 Å². The zero-order valence-electron chi connectivity index (χ0n) is 37.5. The van der Waals surface area contributed by atoms with Crippen molar-refractivity contribution in [2.75, 3.05) is 52.9 Å². The quantitative estimate of drug-likeness (QED) is 0.0960. The zero-order chi connectivity index (χ0) is 46.1. The summed E-state index contributed by atoms with van der Waals surface area (Å²) in [5, 5.41) is 27.7. The predicted molar refractivity (Wildman–Crippen MR) is 228 cm³/mol. The van der Waals surface area contributed by atoms with Gasteiger partial charge in [-0.05, 0) is 117 Å². The van der Waals surface area contributed by atoms with Crippen LogP contribution in [0.15, 0.2) is 36.4 Å². The minimum atomic E-state index is -1.13. The summed E-state index contributed by atoms with van der Waals surface area (Å²) in [7, 11) is 0. The Morgan fingerprint density at radius 1 is 0.540 bits per heavy atom. The zero-order valence-corrected chi connectivity index (χ0v) is 37.5. The third-order valence-electron chi connectivity index (χ3n) is 11.6. The Hall–Kier alpha value is -4.62. The number of hydrogen-bond acceptors (Lipinski definition) is 15. The van der Waals surface area contributed by atoms with E-state index in [-0.39, 0.29) is 132 Å². The molecule has 4 aliphatic heterocycles. The third kappa shape index (κ3) is 11.6. The SMILES string of the molecule is CC1(C)CC(N2C(=O)c3ccc(C(=O)OCC(O)COCCOCCOCC(O)COC(=O)c4ccc5c(c4)C(=O)N(C4CC(C)(C)NC(C)(C)C4)C5=O)cc3C2=O)CC(C)(C)N1. The van der Waals surface area contributed by atoms with Crippen LogP contribution in [0.4, 0.5) is 0 Å². The standard InChI is InChI=1S/C46H62N4O13/c1-43(2)19-29(20-44(3,4)47-43)49-37(53)33-11-9-27(17-35(33)39(49)55)41(57)62-25-31(51)23-60-15-13-59-14-16-61-24-32(52)26-63-42(58)28-10-12-34-36(18-28)40(56)50(38(34)54)30-21-45(5,6)48-46(7,8)22-30/h9-12,17-18,29-32,47-48,51-52H,13-16,19-26H2,1-8H3. The van der Waals surface area contributed by atoms with Gasteiger partial charge < -0.3 is 44.5 Å². The molecule has 17 heteroatoms. The van der Waals surface area contributed by atoms with Crippen LogP contribution in [0.1, 0.15) is 143 Å². The molecule has 344 valence electrons. The Labute approximate surface area is 368 Å². The number of nitrogens with one attached hydrogen (secondary N) is 2. The van der Waals surface area contributed by atoms with Gasteiger partial charge >= 0.3 is 11.9 Å². The number of amides is 4. The molecule has 2 atom stereocenters. The van der Waals surface area contributed by atoms with Crippen molar-refractivity contribution in [1.82, 2.24) is 20.4 Å². The molecule has 0 radical (unpaired) electrons. The summed E-state index contributed by atoms with van der Waals surface area (Å²) < 4.78 is 26.8. The number of carbonyl (C=O) groups excluding carboxylic acids is 6. The maximum Gasteiger partial charge on any atom is 0.338 e. The van der Waals surface area contributed by atoms with E-state index in [0.29, 0.717) is 25.7 Å². The average molecular weight is 879 g/mol. The fraction of sp³-hybridized carbons (Fsp3) is 0.609. The topological polar surface area (TPSA) is 220 Å². The first-order chi connectivity index (χ1) is 29.5. The lowest BCUT2D eigenvalue weighted by Crippen LogP contribution is -2.62. The third-order valence-corrected chi connectivity index (χ3v) is 11.6. The molecule has 63 heavy (non-hydrogen) atoms. The highest BCUT2D eigenvalue weighted by atomic mass is 16.6. The fourth-order valence-corrected chi connectivity index (χ4v) is 9.72. The van der Waals surface area contributed by atoms with Crippen molar-refractivity contribution in [3.05, 3.63) is 69.8 Å². The highest BCUT2D eigenvalue weighted by molar-refractivity contribution is 6.23. The molecule has 0 spiro atoms. The van der Waals surface area contributed by atoms with Crippen molar-refractivity contribution >= 4 is 35.6 Å². The lowest BCUT2D eigenvalue weighted by Gasteiger charge is -2.48. The minimum Gasteiger partial charge on any atom is -0.459 e. The summed E-state index contributed by atoms with van der Waals surface area (Å²) in [6.45, 7) is 15.9. The number of piperidine rings is 2. The first-order valence-corrected chi connectivity index (χ1v) is 21.5. The number of benzene rings is 2. The van der Waals surface area contributed by atoms with Crippen molar-refractivity contribution in [2.24, 2.45) is 0 Å². The van der Waals surface area contributed by atoms with Gasteiger partial charge in [-0.25, -0.2) is 9.59 Å². The molecule has 4 heterocycles. The highest BCUT2D eigenvalue weighted by Gasteiger charge is 2.49. The molecular weight excluding hydrogens is 817 g/mol. The Morgan fingerprint density at radius 3 is 1.21 bits per heavy atom. The van der Waals surface area contributed by atoms with Gasteiger partial charge in [0.05, 0.1) is 73.0 Å². The van der Waals surface area contributed by atoms with Crippen molar-refractivity contribution < 1.29 is 62.7 Å². The van der Waals surface area contributed by atoms with Crippen LogP contribution in [0.5, 0.6) is 0 Å². The van der Waals surface area contributed by atoms with Crippen LogP contribution in [0.3, 0.4) is 0 Å². The Balaban J connectivity index is 0.823. The summed E-state index contributed by atoms with van der Waals surface area (Å²) in [4.78, 5) is 81.7. The number of rotatable bonds is 18. The molecule has 4 N–H and O–H groups in total. The summed E-state index contributed by atoms with van der Waals surface area (Å²) >= 11 is 0. The Bertz CT molecular complexity index is 1920. The van der Waals surface area contributed by atoms with Crippen LogP contribution in [0.2, 0.25) is 0 Å². The number of nitrogens with zero attached hydrogens (tertiary/aromatic N) is 2. The number of aliphatic hydroxyl groups excluding tert-OH is 2. The first kappa shape index (κ1) is 47.8. The van der Waals surface area contributed by atoms with Gasteiger partial charge in [0.15, 0.2) is 0 Å².